The fraction of sp³-hybridized carbons (Fsp3) is 0.208. The second kappa shape index (κ2) is 9.61. The van der Waals surface area contributed by atoms with Crippen molar-refractivity contribution >= 4 is 29.1 Å². The minimum absolute atomic E-state index is 0.0360. The second-order valence-corrected chi connectivity index (χ2v) is 8.02. The molecule has 1 aliphatic carbocycles. The molecule has 35 heavy (non-hydrogen) atoms. The third kappa shape index (κ3) is 6.46. The molecule has 7 nitrogen and oxygen atoms in total. The zero-order valence-corrected chi connectivity index (χ0v) is 18.4. The largest absolute Gasteiger partial charge is 0.457 e. The number of pyridine rings is 1. The van der Waals surface area contributed by atoms with Crippen LogP contribution in [0.25, 0.3) is 0 Å². The molecule has 182 valence electrons. The summed E-state index contributed by atoms with van der Waals surface area (Å²) in [7, 11) is 0. The van der Waals surface area contributed by atoms with E-state index in [1.807, 2.05) is 0 Å². The van der Waals surface area contributed by atoms with Gasteiger partial charge in [-0.2, -0.15) is 13.2 Å². The van der Waals surface area contributed by atoms with Crippen LogP contribution in [0.1, 0.15) is 24.0 Å². The molecule has 3 N–H and O–H groups in total. The number of nitrogens with zero attached hydrogens (tertiary/aromatic N) is 1. The molecule has 0 unspecified atom stereocenters. The van der Waals surface area contributed by atoms with Crippen LogP contribution in [0.15, 0.2) is 54.7 Å². The predicted octanol–water partition coefficient (Wildman–Crippen LogP) is 6.33. The fourth-order valence-electron chi connectivity index (χ4n) is 3.20. The minimum atomic E-state index is -4.75. The van der Waals surface area contributed by atoms with Gasteiger partial charge in [0.15, 0.2) is 0 Å². The first-order valence-corrected chi connectivity index (χ1v) is 10.6. The van der Waals surface area contributed by atoms with Crippen molar-refractivity contribution in [2.24, 2.45) is 5.92 Å². The maximum Gasteiger partial charge on any atom is 0.416 e. The van der Waals surface area contributed by atoms with E-state index in [9.17, 15) is 27.2 Å². The highest BCUT2D eigenvalue weighted by atomic mass is 19.4. The Bertz CT molecular complexity index is 1280. The van der Waals surface area contributed by atoms with Gasteiger partial charge in [-0.25, -0.2) is 14.2 Å². The van der Waals surface area contributed by atoms with Crippen molar-refractivity contribution in [1.29, 1.82) is 0 Å². The Hall–Kier alpha value is -4.15. The Balaban J connectivity index is 1.39. The van der Waals surface area contributed by atoms with Gasteiger partial charge in [-0.1, -0.05) is 0 Å². The lowest BCUT2D eigenvalue weighted by atomic mass is 10.2. The quantitative estimate of drug-likeness (QED) is 0.354. The van der Waals surface area contributed by atoms with Crippen LogP contribution in [-0.2, 0) is 11.0 Å². The van der Waals surface area contributed by atoms with Crippen LogP contribution in [0, 0.1) is 18.7 Å². The summed E-state index contributed by atoms with van der Waals surface area (Å²) in [6, 6.07) is 8.91. The summed E-state index contributed by atoms with van der Waals surface area (Å²) in [5.74, 6) is 0.0897. The van der Waals surface area contributed by atoms with Gasteiger partial charge in [0.05, 0.1) is 5.56 Å². The van der Waals surface area contributed by atoms with Crippen molar-refractivity contribution in [1.82, 2.24) is 4.98 Å². The van der Waals surface area contributed by atoms with Gasteiger partial charge in [0.25, 0.3) is 0 Å². The normalized spacial score (nSPS) is 13.2. The zero-order chi connectivity index (χ0) is 25.2. The van der Waals surface area contributed by atoms with E-state index < -0.39 is 23.6 Å². The van der Waals surface area contributed by atoms with Crippen molar-refractivity contribution in [3.05, 3.63) is 71.7 Å². The maximum atomic E-state index is 13.5. The molecule has 1 aromatic heterocycles. The van der Waals surface area contributed by atoms with E-state index in [0.29, 0.717) is 40.7 Å². The maximum absolute atomic E-state index is 13.5. The van der Waals surface area contributed by atoms with Crippen LogP contribution in [0.2, 0.25) is 0 Å². The van der Waals surface area contributed by atoms with Gasteiger partial charge < -0.3 is 20.7 Å². The van der Waals surface area contributed by atoms with Gasteiger partial charge in [0, 0.05) is 29.6 Å². The fourth-order valence-corrected chi connectivity index (χ4v) is 3.20. The summed E-state index contributed by atoms with van der Waals surface area (Å²) in [6.07, 6.45) is -1.51. The average Bonchev–Trinajstić information content (AvgIpc) is 3.60. The van der Waals surface area contributed by atoms with Gasteiger partial charge in [-0.15, -0.1) is 0 Å². The number of urea groups is 1. The highest BCUT2D eigenvalue weighted by molar-refractivity contribution is 6.00. The Labute approximate surface area is 197 Å². The van der Waals surface area contributed by atoms with E-state index in [4.69, 9.17) is 4.74 Å². The first kappa shape index (κ1) is 24.0. The smallest absolute Gasteiger partial charge is 0.416 e. The summed E-state index contributed by atoms with van der Waals surface area (Å²) >= 11 is 0. The Morgan fingerprint density at radius 2 is 1.71 bits per heavy atom. The molecule has 1 aliphatic rings. The zero-order valence-electron chi connectivity index (χ0n) is 18.4. The average molecular weight is 488 g/mol. The number of ether oxygens (including phenoxy) is 1. The summed E-state index contributed by atoms with van der Waals surface area (Å²) in [5, 5.41) is 7.44. The van der Waals surface area contributed by atoms with Crippen molar-refractivity contribution in [3.8, 4) is 11.5 Å². The molecule has 1 heterocycles. The van der Waals surface area contributed by atoms with Gasteiger partial charge in [-0.05, 0) is 67.8 Å². The van der Waals surface area contributed by atoms with E-state index in [1.165, 1.54) is 6.20 Å². The lowest BCUT2D eigenvalue weighted by Gasteiger charge is -2.13. The van der Waals surface area contributed by atoms with Crippen molar-refractivity contribution in [2.45, 2.75) is 25.9 Å². The molecular formula is C24H20F4N4O3. The molecule has 1 saturated carbocycles. The molecule has 3 amide bonds. The molecule has 0 atom stereocenters. The summed E-state index contributed by atoms with van der Waals surface area (Å²) in [6.45, 7) is 1.69. The topological polar surface area (TPSA) is 92.3 Å². The SMILES string of the molecule is Cc1cc(Oc2ccnc(NC(=O)C3CC3)c2)ccc1NC(=O)Nc1cc(F)cc(C(F)(F)F)c1. The van der Waals surface area contributed by atoms with E-state index in [-0.39, 0.29) is 17.5 Å². The Morgan fingerprint density at radius 3 is 2.40 bits per heavy atom. The van der Waals surface area contributed by atoms with Crippen molar-refractivity contribution < 1.29 is 31.9 Å². The number of carbonyl (C=O) groups is 2. The monoisotopic (exact) mass is 488 g/mol. The lowest BCUT2D eigenvalue weighted by Crippen LogP contribution is -2.20. The number of aromatic nitrogens is 1. The van der Waals surface area contributed by atoms with Crippen LogP contribution in [0.4, 0.5) is 39.5 Å². The van der Waals surface area contributed by atoms with Crippen LogP contribution in [0.5, 0.6) is 11.5 Å². The van der Waals surface area contributed by atoms with Gasteiger partial charge in [-0.3, -0.25) is 4.79 Å². The van der Waals surface area contributed by atoms with Crippen molar-refractivity contribution in [3.63, 3.8) is 0 Å². The van der Waals surface area contributed by atoms with Crippen LogP contribution < -0.4 is 20.7 Å². The number of carbonyl (C=O) groups excluding carboxylic acids is 2. The number of halogens is 4. The van der Waals surface area contributed by atoms with Gasteiger partial charge in [0.1, 0.15) is 23.1 Å². The number of alkyl halides is 3. The number of amides is 3. The van der Waals surface area contributed by atoms with Crippen LogP contribution >= 0.6 is 0 Å². The molecule has 0 bridgehead atoms. The predicted molar refractivity (Wildman–Crippen MR) is 121 cm³/mol. The number of hydrogen-bond acceptors (Lipinski definition) is 4. The molecule has 11 heteroatoms. The Kier molecular flexibility index (Phi) is 6.59. The number of rotatable bonds is 6. The first-order valence-electron chi connectivity index (χ1n) is 10.6. The second-order valence-electron chi connectivity index (χ2n) is 8.02. The van der Waals surface area contributed by atoms with Crippen LogP contribution in [0.3, 0.4) is 0 Å². The molecule has 0 aliphatic heterocycles. The van der Waals surface area contributed by atoms with E-state index in [2.05, 4.69) is 20.9 Å². The van der Waals surface area contributed by atoms with Gasteiger partial charge >= 0.3 is 12.2 Å². The Morgan fingerprint density at radius 1 is 0.971 bits per heavy atom. The molecule has 1 fully saturated rings. The summed E-state index contributed by atoms with van der Waals surface area (Å²) in [4.78, 5) is 28.3. The molecule has 3 aromatic rings. The van der Waals surface area contributed by atoms with E-state index in [1.54, 1.807) is 37.3 Å². The molecule has 0 saturated heterocycles. The first-order chi connectivity index (χ1) is 16.6. The molecular weight excluding hydrogens is 468 g/mol. The minimum Gasteiger partial charge on any atom is -0.457 e. The highest BCUT2D eigenvalue weighted by Gasteiger charge is 2.31. The summed E-state index contributed by atoms with van der Waals surface area (Å²) < 4.78 is 57.9. The molecule has 2 aromatic carbocycles. The third-order valence-electron chi connectivity index (χ3n) is 5.10. The molecule has 0 spiro atoms. The molecule has 4 rings (SSSR count). The summed E-state index contributed by atoms with van der Waals surface area (Å²) in [5.41, 5.74) is -0.579. The van der Waals surface area contributed by atoms with Crippen molar-refractivity contribution in [2.75, 3.05) is 16.0 Å². The van der Waals surface area contributed by atoms with E-state index >= 15 is 0 Å². The molecule has 0 radical (unpaired) electrons. The number of benzene rings is 2. The van der Waals surface area contributed by atoms with E-state index in [0.717, 1.165) is 18.9 Å². The standard InChI is InChI=1S/C24H20F4N4O3/c1-13-8-18(35-19-6-7-29-21(12-19)32-22(33)14-2-3-14)4-5-20(13)31-23(34)30-17-10-15(24(26,27)28)9-16(25)11-17/h4-12,14H,2-3H2,1H3,(H,29,32,33)(H2,30,31,34). The van der Waals surface area contributed by atoms with Gasteiger partial charge in [0.2, 0.25) is 5.91 Å². The number of nitrogens with one attached hydrogen (secondary N) is 3. The number of anilines is 3. The third-order valence-corrected chi connectivity index (χ3v) is 5.10. The number of hydrogen-bond donors (Lipinski definition) is 3. The highest BCUT2D eigenvalue weighted by Crippen LogP contribution is 2.33. The number of aryl methyl sites for hydroxylation is 1. The van der Waals surface area contributed by atoms with Crippen LogP contribution in [-0.4, -0.2) is 16.9 Å². The lowest BCUT2D eigenvalue weighted by molar-refractivity contribution is -0.137.